The van der Waals surface area contributed by atoms with Gasteiger partial charge in [0.05, 0.1) is 4.47 Å². The second kappa shape index (κ2) is 6.80. The van der Waals surface area contributed by atoms with Crippen molar-refractivity contribution in [1.29, 1.82) is 0 Å². The number of carbonyl (C=O) groups excluding carboxylic acids is 1. The fourth-order valence-electron chi connectivity index (χ4n) is 1.62. The van der Waals surface area contributed by atoms with Crippen molar-refractivity contribution < 1.29 is 17.4 Å². The molecule has 2 aromatic rings. The van der Waals surface area contributed by atoms with E-state index in [-0.39, 0.29) is 16.6 Å². The minimum atomic E-state index is -3.95. The lowest BCUT2D eigenvalue weighted by Gasteiger charge is -2.09. The van der Waals surface area contributed by atoms with Crippen LogP contribution in [0, 0.1) is 0 Å². The van der Waals surface area contributed by atoms with Crippen LogP contribution in [0.5, 0.6) is 5.75 Å². The molecule has 22 heavy (non-hydrogen) atoms. The first-order valence-corrected chi connectivity index (χ1v) is 9.04. The summed E-state index contributed by atoms with van der Waals surface area (Å²) < 4.78 is 30.9. The molecule has 1 amide bonds. The van der Waals surface area contributed by atoms with Crippen molar-refractivity contribution in [2.45, 2.75) is 11.8 Å². The van der Waals surface area contributed by atoms with E-state index in [0.29, 0.717) is 10.2 Å². The zero-order valence-electron chi connectivity index (χ0n) is 11.3. The number of carbonyl (C=O) groups is 1. The van der Waals surface area contributed by atoms with E-state index in [9.17, 15) is 13.2 Å². The summed E-state index contributed by atoms with van der Waals surface area (Å²) in [5, 5.41) is 2.56. The molecule has 0 bridgehead atoms. The SMILES string of the molecule is CC(=O)Nc1ccc(S(=O)(=O)Oc2ccc(Br)cc2Br)cc1. The predicted octanol–water partition coefficient (Wildman–Crippen LogP) is 3.94. The molecular weight excluding hydrogens is 438 g/mol. The van der Waals surface area contributed by atoms with Gasteiger partial charge >= 0.3 is 10.1 Å². The van der Waals surface area contributed by atoms with E-state index in [2.05, 4.69) is 37.2 Å². The molecule has 0 atom stereocenters. The van der Waals surface area contributed by atoms with Gasteiger partial charge in [-0.2, -0.15) is 8.42 Å². The van der Waals surface area contributed by atoms with Crippen molar-refractivity contribution in [3.63, 3.8) is 0 Å². The first kappa shape index (κ1) is 17.0. The Morgan fingerprint density at radius 3 is 2.27 bits per heavy atom. The molecule has 0 aliphatic rings. The monoisotopic (exact) mass is 447 g/mol. The summed E-state index contributed by atoms with van der Waals surface area (Å²) in [5.41, 5.74) is 0.510. The highest BCUT2D eigenvalue weighted by molar-refractivity contribution is 9.11. The zero-order valence-corrected chi connectivity index (χ0v) is 15.3. The van der Waals surface area contributed by atoms with Crippen LogP contribution in [-0.4, -0.2) is 14.3 Å². The molecule has 0 saturated carbocycles. The highest BCUT2D eigenvalue weighted by Gasteiger charge is 2.18. The third-order valence-electron chi connectivity index (χ3n) is 2.56. The second-order valence-corrected chi connectivity index (χ2v) is 7.63. The fraction of sp³-hybridized carbons (Fsp3) is 0.0714. The quantitative estimate of drug-likeness (QED) is 0.719. The molecule has 0 spiro atoms. The molecule has 0 heterocycles. The van der Waals surface area contributed by atoms with Crippen LogP contribution >= 0.6 is 31.9 Å². The number of halogens is 2. The van der Waals surface area contributed by atoms with Crippen LogP contribution in [-0.2, 0) is 14.9 Å². The van der Waals surface area contributed by atoms with Gasteiger partial charge in [-0.05, 0) is 58.4 Å². The van der Waals surface area contributed by atoms with Gasteiger partial charge in [-0.3, -0.25) is 4.79 Å². The minimum absolute atomic E-state index is 0.00331. The predicted molar refractivity (Wildman–Crippen MR) is 90.4 cm³/mol. The number of benzene rings is 2. The van der Waals surface area contributed by atoms with E-state index < -0.39 is 10.1 Å². The number of amides is 1. The molecule has 0 aliphatic carbocycles. The van der Waals surface area contributed by atoms with Gasteiger partial charge in [-0.25, -0.2) is 0 Å². The number of nitrogens with one attached hydrogen (secondary N) is 1. The molecule has 0 fully saturated rings. The second-order valence-electron chi connectivity index (χ2n) is 4.32. The van der Waals surface area contributed by atoms with E-state index in [1.165, 1.54) is 37.3 Å². The highest BCUT2D eigenvalue weighted by atomic mass is 79.9. The fourth-order valence-corrected chi connectivity index (χ4v) is 3.80. The molecule has 0 saturated heterocycles. The maximum atomic E-state index is 12.2. The van der Waals surface area contributed by atoms with E-state index in [4.69, 9.17) is 4.18 Å². The average molecular weight is 449 g/mol. The van der Waals surface area contributed by atoms with Gasteiger partial charge < -0.3 is 9.50 Å². The Kier molecular flexibility index (Phi) is 5.25. The van der Waals surface area contributed by atoms with Gasteiger partial charge in [0, 0.05) is 17.1 Å². The van der Waals surface area contributed by atoms with Gasteiger partial charge in [-0.15, -0.1) is 0 Å². The molecule has 0 aromatic heterocycles. The van der Waals surface area contributed by atoms with Crippen molar-refractivity contribution >= 4 is 53.6 Å². The number of hydrogen-bond acceptors (Lipinski definition) is 4. The van der Waals surface area contributed by atoms with Crippen molar-refractivity contribution in [2.75, 3.05) is 5.32 Å². The molecule has 116 valence electrons. The summed E-state index contributed by atoms with van der Waals surface area (Å²) in [7, 11) is -3.95. The topological polar surface area (TPSA) is 72.5 Å². The van der Waals surface area contributed by atoms with Gasteiger partial charge in [0.25, 0.3) is 0 Å². The summed E-state index contributed by atoms with van der Waals surface area (Å²) in [6.45, 7) is 1.37. The molecule has 1 N–H and O–H groups in total. The van der Waals surface area contributed by atoms with Crippen LogP contribution in [0.15, 0.2) is 56.3 Å². The van der Waals surface area contributed by atoms with Crippen LogP contribution < -0.4 is 9.50 Å². The van der Waals surface area contributed by atoms with E-state index in [1.54, 1.807) is 12.1 Å². The standard InChI is InChI=1S/C14H11Br2NO4S/c1-9(18)17-11-3-5-12(6-4-11)22(19,20)21-14-7-2-10(15)8-13(14)16/h2-8H,1H3,(H,17,18). The van der Waals surface area contributed by atoms with Crippen molar-refractivity contribution in [2.24, 2.45) is 0 Å². The molecule has 0 unspecified atom stereocenters. The average Bonchev–Trinajstić information content (AvgIpc) is 2.42. The lowest BCUT2D eigenvalue weighted by atomic mass is 10.3. The van der Waals surface area contributed by atoms with Crippen LogP contribution in [0.2, 0.25) is 0 Å². The molecule has 0 radical (unpaired) electrons. The summed E-state index contributed by atoms with van der Waals surface area (Å²) in [6, 6.07) is 10.6. The summed E-state index contributed by atoms with van der Waals surface area (Å²) in [6.07, 6.45) is 0. The third-order valence-corrected chi connectivity index (χ3v) is 4.92. The zero-order chi connectivity index (χ0) is 16.3. The Morgan fingerprint density at radius 1 is 1.09 bits per heavy atom. The Bertz CT molecular complexity index is 804. The Labute approximate surface area is 145 Å². The first-order chi connectivity index (χ1) is 10.3. The van der Waals surface area contributed by atoms with Crippen molar-refractivity contribution in [1.82, 2.24) is 0 Å². The molecule has 0 aliphatic heterocycles. The Hall–Kier alpha value is -1.38. The van der Waals surface area contributed by atoms with Crippen LogP contribution in [0.1, 0.15) is 6.92 Å². The largest absolute Gasteiger partial charge is 0.378 e. The highest BCUT2D eigenvalue weighted by Crippen LogP contribution is 2.30. The number of anilines is 1. The Balaban J connectivity index is 2.24. The van der Waals surface area contributed by atoms with Crippen LogP contribution in [0.25, 0.3) is 0 Å². The summed E-state index contributed by atoms with van der Waals surface area (Å²) in [5.74, 6) is -0.0419. The minimum Gasteiger partial charge on any atom is -0.378 e. The van der Waals surface area contributed by atoms with Crippen LogP contribution in [0.3, 0.4) is 0 Å². The van der Waals surface area contributed by atoms with Gasteiger partial charge in [-0.1, -0.05) is 15.9 Å². The summed E-state index contributed by atoms with van der Waals surface area (Å²) in [4.78, 5) is 10.9. The van der Waals surface area contributed by atoms with E-state index >= 15 is 0 Å². The maximum Gasteiger partial charge on any atom is 0.339 e. The van der Waals surface area contributed by atoms with Crippen molar-refractivity contribution in [3.05, 3.63) is 51.4 Å². The lowest BCUT2D eigenvalue weighted by Crippen LogP contribution is -2.11. The molecule has 8 heteroatoms. The molecule has 5 nitrogen and oxygen atoms in total. The van der Waals surface area contributed by atoms with Crippen LogP contribution in [0.4, 0.5) is 5.69 Å². The van der Waals surface area contributed by atoms with E-state index in [0.717, 1.165) is 4.47 Å². The van der Waals surface area contributed by atoms with Gasteiger partial charge in [0.1, 0.15) is 4.90 Å². The molecule has 2 aromatic carbocycles. The molecule has 2 rings (SSSR count). The van der Waals surface area contributed by atoms with E-state index in [1.807, 2.05) is 0 Å². The number of hydrogen-bond donors (Lipinski definition) is 1. The maximum absolute atomic E-state index is 12.2. The Morgan fingerprint density at radius 2 is 1.73 bits per heavy atom. The van der Waals surface area contributed by atoms with Gasteiger partial charge in [0.2, 0.25) is 5.91 Å². The lowest BCUT2D eigenvalue weighted by molar-refractivity contribution is -0.114. The smallest absolute Gasteiger partial charge is 0.339 e. The number of rotatable bonds is 4. The van der Waals surface area contributed by atoms with Crippen molar-refractivity contribution in [3.8, 4) is 5.75 Å². The normalized spacial score (nSPS) is 11.0. The summed E-state index contributed by atoms with van der Waals surface area (Å²) >= 11 is 6.52. The first-order valence-electron chi connectivity index (χ1n) is 6.05. The third kappa shape index (κ3) is 4.31. The van der Waals surface area contributed by atoms with Gasteiger partial charge in [0.15, 0.2) is 5.75 Å². The molecular formula is C14H11Br2NO4S.